The van der Waals surface area contributed by atoms with Crippen LogP contribution in [0.3, 0.4) is 0 Å². The highest BCUT2D eigenvalue weighted by Gasteiger charge is 2.30. The molecule has 0 unspecified atom stereocenters. The molecule has 0 aliphatic carbocycles. The second-order valence-electron chi connectivity index (χ2n) is 7.72. The van der Waals surface area contributed by atoms with Gasteiger partial charge in [-0.05, 0) is 26.0 Å². The molecule has 0 bridgehead atoms. The largest absolute Gasteiger partial charge is 0.495 e. The molecule has 2 aliphatic heterocycles. The van der Waals surface area contributed by atoms with Gasteiger partial charge in [0.05, 0.1) is 26.0 Å². The Morgan fingerprint density at radius 3 is 2.44 bits per heavy atom. The number of hydrogen-bond donors (Lipinski definition) is 1. The van der Waals surface area contributed by atoms with Crippen molar-refractivity contribution in [2.24, 2.45) is 0 Å². The van der Waals surface area contributed by atoms with E-state index in [0.29, 0.717) is 19.6 Å². The van der Waals surface area contributed by atoms with Crippen LogP contribution in [0.15, 0.2) is 24.3 Å². The van der Waals surface area contributed by atoms with Gasteiger partial charge in [-0.25, -0.2) is 4.79 Å². The molecule has 2 saturated heterocycles. The normalized spacial score (nSPS) is 19.1. The van der Waals surface area contributed by atoms with Crippen molar-refractivity contribution in [2.45, 2.75) is 19.4 Å². The quantitative estimate of drug-likeness (QED) is 0.847. The van der Waals surface area contributed by atoms with Crippen LogP contribution in [0.5, 0.6) is 5.75 Å². The molecule has 2 amide bonds. The van der Waals surface area contributed by atoms with Gasteiger partial charge < -0.3 is 24.6 Å². The lowest BCUT2D eigenvalue weighted by atomic mass is 10.0. The molecule has 0 spiro atoms. The molecule has 0 aromatic heterocycles. The van der Waals surface area contributed by atoms with Gasteiger partial charge in [-0.2, -0.15) is 0 Å². The lowest BCUT2D eigenvalue weighted by Gasteiger charge is -2.41. The first-order chi connectivity index (χ1) is 13.0. The van der Waals surface area contributed by atoms with Gasteiger partial charge >= 0.3 is 6.03 Å². The third kappa shape index (κ3) is 4.84. The van der Waals surface area contributed by atoms with Crippen LogP contribution in [0.4, 0.5) is 10.5 Å². The van der Waals surface area contributed by atoms with Gasteiger partial charge in [0.2, 0.25) is 0 Å². The molecule has 7 nitrogen and oxygen atoms in total. The summed E-state index contributed by atoms with van der Waals surface area (Å²) in [6.45, 7) is 11.4. The van der Waals surface area contributed by atoms with E-state index in [1.807, 2.05) is 23.1 Å². The molecule has 2 fully saturated rings. The Bertz CT molecular complexity index is 623. The van der Waals surface area contributed by atoms with Crippen LogP contribution in [0.1, 0.15) is 13.8 Å². The number of carbonyl (C=O) groups excluding carboxylic acids is 1. The Labute approximate surface area is 162 Å². The highest BCUT2D eigenvalue weighted by Crippen LogP contribution is 2.28. The molecule has 3 rings (SSSR count). The van der Waals surface area contributed by atoms with E-state index in [2.05, 4.69) is 35.0 Å². The molecule has 2 aliphatic rings. The maximum Gasteiger partial charge on any atom is 0.317 e. The maximum atomic E-state index is 12.6. The highest BCUT2D eigenvalue weighted by atomic mass is 16.5. The van der Waals surface area contributed by atoms with Crippen molar-refractivity contribution in [3.05, 3.63) is 24.3 Å². The fourth-order valence-corrected chi connectivity index (χ4v) is 3.73. The van der Waals surface area contributed by atoms with Crippen molar-refractivity contribution >= 4 is 11.7 Å². The SMILES string of the molecule is COc1ccccc1N1CCN(C(=O)NCC(C)(C)N2CCOCC2)CC1. The van der Waals surface area contributed by atoms with Gasteiger partial charge in [-0.3, -0.25) is 4.90 Å². The third-order valence-electron chi connectivity index (χ3n) is 5.53. The zero-order chi connectivity index (χ0) is 19.3. The predicted molar refractivity (Wildman–Crippen MR) is 107 cm³/mol. The number of anilines is 1. The number of nitrogens with one attached hydrogen (secondary N) is 1. The lowest BCUT2D eigenvalue weighted by Crippen LogP contribution is -2.58. The third-order valence-corrected chi connectivity index (χ3v) is 5.53. The van der Waals surface area contributed by atoms with Crippen molar-refractivity contribution in [3.63, 3.8) is 0 Å². The van der Waals surface area contributed by atoms with Crippen molar-refractivity contribution < 1.29 is 14.3 Å². The predicted octanol–water partition coefficient (Wildman–Crippen LogP) is 1.64. The zero-order valence-electron chi connectivity index (χ0n) is 16.7. The molecule has 150 valence electrons. The number of rotatable bonds is 5. The van der Waals surface area contributed by atoms with Gasteiger partial charge in [0.15, 0.2) is 0 Å². The maximum absolute atomic E-state index is 12.6. The molecule has 1 N–H and O–H groups in total. The number of morpholine rings is 1. The number of amides is 2. The summed E-state index contributed by atoms with van der Waals surface area (Å²) >= 11 is 0. The number of urea groups is 1. The van der Waals surface area contributed by atoms with Crippen molar-refractivity contribution in [1.29, 1.82) is 0 Å². The Morgan fingerprint density at radius 1 is 1.11 bits per heavy atom. The molecule has 2 heterocycles. The Kier molecular flexibility index (Phi) is 6.44. The minimum absolute atomic E-state index is 0.0241. The Hall–Kier alpha value is -1.99. The second-order valence-corrected chi connectivity index (χ2v) is 7.72. The average molecular weight is 377 g/mol. The summed E-state index contributed by atoms with van der Waals surface area (Å²) in [6, 6.07) is 8.06. The summed E-state index contributed by atoms with van der Waals surface area (Å²) in [4.78, 5) is 19.2. The van der Waals surface area contributed by atoms with Crippen LogP contribution >= 0.6 is 0 Å². The molecule has 27 heavy (non-hydrogen) atoms. The molecule has 0 atom stereocenters. The van der Waals surface area contributed by atoms with Gasteiger partial charge in [0.25, 0.3) is 0 Å². The fourth-order valence-electron chi connectivity index (χ4n) is 3.73. The smallest absolute Gasteiger partial charge is 0.317 e. The summed E-state index contributed by atoms with van der Waals surface area (Å²) in [5.41, 5.74) is 1.02. The van der Waals surface area contributed by atoms with Gasteiger partial charge in [0.1, 0.15) is 5.75 Å². The average Bonchev–Trinajstić information content (AvgIpc) is 2.73. The van der Waals surface area contributed by atoms with Crippen molar-refractivity contribution in [3.8, 4) is 5.75 Å². The van der Waals surface area contributed by atoms with E-state index in [4.69, 9.17) is 9.47 Å². The van der Waals surface area contributed by atoms with E-state index < -0.39 is 0 Å². The monoisotopic (exact) mass is 376 g/mol. The van der Waals surface area contributed by atoms with E-state index in [-0.39, 0.29) is 11.6 Å². The van der Waals surface area contributed by atoms with E-state index >= 15 is 0 Å². The minimum atomic E-state index is -0.0708. The number of methoxy groups -OCH3 is 1. The molecule has 0 radical (unpaired) electrons. The molecule has 1 aromatic rings. The number of nitrogens with zero attached hydrogens (tertiary/aromatic N) is 3. The van der Waals surface area contributed by atoms with Crippen LogP contribution in [0, 0.1) is 0 Å². The summed E-state index contributed by atoms with van der Waals surface area (Å²) in [5.74, 6) is 0.877. The van der Waals surface area contributed by atoms with Crippen LogP contribution in [0.2, 0.25) is 0 Å². The zero-order valence-corrected chi connectivity index (χ0v) is 16.7. The van der Waals surface area contributed by atoms with Crippen molar-refractivity contribution in [2.75, 3.05) is 71.0 Å². The Balaban J connectivity index is 1.48. The summed E-state index contributed by atoms with van der Waals surface area (Å²) in [6.07, 6.45) is 0. The van der Waals surface area contributed by atoms with E-state index in [0.717, 1.165) is 50.8 Å². The van der Waals surface area contributed by atoms with Gasteiger partial charge in [-0.15, -0.1) is 0 Å². The topological polar surface area (TPSA) is 57.3 Å². The second kappa shape index (κ2) is 8.80. The Morgan fingerprint density at radius 2 is 1.78 bits per heavy atom. The number of benzene rings is 1. The van der Waals surface area contributed by atoms with Gasteiger partial charge in [-0.1, -0.05) is 12.1 Å². The van der Waals surface area contributed by atoms with E-state index in [1.165, 1.54) is 0 Å². The van der Waals surface area contributed by atoms with E-state index in [1.54, 1.807) is 7.11 Å². The molecule has 1 aromatic carbocycles. The lowest BCUT2D eigenvalue weighted by molar-refractivity contribution is -0.00905. The number of piperazine rings is 1. The first-order valence-electron chi connectivity index (χ1n) is 9.75. The fraction of sp³-hybridized carbons (Fsp3) is 0.650. The molecular weight excluding hydrogens is 344 g/mol. The first kappa shape index (κ1) is 19.8. The number of ether oxygens (including phenoxy) is 2. The molecule has 7 heteroatoms. The minimum Gasteiger partial charge on any atom is -0.495 e. The first-order valence-corrected chi connectivity index (χ1v) is 9.75. The van der Waals surface area contributed by atoms with Crippen LogP contribution in [0.25, 0.3) is 0 Å². The molecule has 0 saturated carbocycles. The van der Waals surface area contributed by atoms with Crippen LogP contribution < -0.4 is 15.0 Å². The molecular formula is C20H32N4O3. The number of hydrogen-bond acceptors (Lipinski definition) is 5. The van der Waals surface area contributed by atoms with E-state index in [9.17, 15) is 4.79 Å². The standard InChI is InChI=1S/C20H32N4O3/c1-20(2,24-12-14-27-15-13-24)16-21-19(25)23-10-8-22(9-11-23)17-6-4-5-7-18(17)26-3/h4-7H,8-16H2,1-3H3,(H,21,25). The van der Waals surface area contributed by atoms with Crippen molar-refractivity contribution in [1.82, 2.24) is 15.1 Å². The van der Waals surface area contributed by atoms with Gasteiger partial charge in [0, 0.05) is 51.4 Å². The van der Waals surface area contributed by atoms with Crippen LogP contribution in [-0.2, 0) is 4.74 Å². The summed E-state index contributed by atoms with van der Waals surface area (Å²) in [5, 5.41) is 3.13. The number of para-hydroxylation sites is 2. The number of carbonyl (C=O) groups is 1. The summed E-state index contributed by atoms with van der Waals surface area (Å²) in [7, 11) is 1.69. The van der Waals surface area contributed by atoms with Crippen LogP contribution in [-0.4, -0.2) is 87.5 Å². The highest BCUT2D eigenvalue weighted by molar-refractivity contribution is 5.74. The summed E-state index contributed by atoms with van der Waals surface area (Å²) < 4.78 is 10.9.